The van der Waals surface area contributed by atoms with Crippen molar-refractivity contribution in [1.82, 2.24) is 19.9 Å². The molecular formula is C34H33ClN6O5. The van der Waals surface area contributed by atoms with Crippen molar-refractivity contribution >= 4 is 40.6 Å². The van der Waals surface area contributed by atoms with Crippen LogP contribution < -0.4 is 16.0 Å². The molecule has 12 heteroatoms. The van der Waals surface area contributed by atoms with Gasteiger partial charge in [-0.25, -0.2) is 4.98 Å². The molecule has 0 saturated heterocycles. The highest BCUT2D eigenvalue weighted by atomic mass is 35.5. The van der Waals surface area contributed by atoms with Gasteiger partial charge < -0.3 is 35.0 Å². The van der Waals surface area contributed by atoms with Gasteiger partial charge in [-0.05, 0) is 41.0 Å². The smallest absolute Gasteiger partial charge is 0.268 e. The van der Waals surface area contributed by atoms with Crippen molar-refractivity contribution in [2.75, 3.05) is 19.1 Å². The molecule has 1 aliphatic carbocycles. The van der Waals surface area contributed by atoms with Crippen LogP contribution in [0.15, 0.2) is 95.9 Å². The summed E-state index contributed by atoms with van der Waals surface area (Å²) in [6.07, 6.45) is 5.12. The maximum Gasteiger partial charge on any atom is 0.268 e. The van der Waals surface area contributed by atoms with E-state index in [1.165, 1.54) is 20.5 Å². The van der Waals surface area contributed by atoms with Gasteiger partial charge in [-0.3, -0.25) is 14.4 Å². The SMILES string of the molecule is COC1(OC)CC(c2ccccc2)=C(Cl)C=C1C(=O)N1Cc2ccc(C(=O)N[C@@H](Cc3c[nH]cn3)C(N)=O)n2Cc2ccccc21. The average molecular weight is 641 g/mol. The lowest BCUT2D eigenvalue weighted by Crippen LogP contribution is -2.46. The van der Waals surface area contributed by atoms with Crippen LogP contribution in [0.5, 0.6) is 0 Å². The van der Waals surface area contributed by atoms with Gasteiger partial charge in [0.25, 0.3) is 11.8 Å². The molecule has 6 rings (SSSR count). The van der Waals surface area contributed by atoms with Crippen molar-refractivity contribution in [3.63, 3.8) is 0 Å². The summed E-state index contributed by atoms with van der Waals surface area (Å²) in [6, 6.07) is 19.7. The third-order valence-electron chi connectivity index (χ3n) is 8.49. The minimum atomic E-state index is -1.40. The lowest BCUT2D eigenvalue weighted by molar-refractivity contribution is -0.178. The minimum Gasteiger partial charge on any atom is -0.368 e. The van der Waals surface area contributed by atoms with E-state index < -0.39 is 23.6 Å². The van der Waals surface area contributed by atoms with Crippen LogP contribution in [0.25, 0.3) is 5.57 Å². The van der Waals surface area contributed by atoms with Crippen LogP contribution in [0.3, 0.4) is 0 Å². The summed E-state index contributed by atoms with van der Waals surface area (Å²) in [5, 5.41) is 3.18. The number of primary amides is 1. The Balaban J connectivity index is 1.35. The highest BCUT2D eigenvalue weighted by molar-refractivity contribution is 6.35. The monoisotopic (exact) mass is 640 g/mol. The molecule has 11 nitrogen and oxygen atoms in total. The standard InChI is InChI=1S/C34H33ClN6O5/c1-45-34(46-2)16-25(21-8-4-3-5-9-21)27(35)15-26(34)33(44)41-19-24-12-13-30(40(24)18-22-10-6-7-11-29(22)41)32(43)39-28(31(36)42)14-23-17-37-20-38-23/h3-13,15,17,20,28H,14,16,18-19H2,1-2H3,(H2,36,42)(H,37,38)(H,39,43)/t28-/m0/s1. The van der Waals surface area contributed by atoms with Crippen molar-refractivity contribution in [2.24, 2.45) is 5.73 Å². The Morgan fingerprint density at radius 3 is 2.48 bits per heavy atom. The maximum atomic E-state index is 14.6. The van der Waals surface area contributed by atoms with E-state index in [1.54, 1.807) is 29.3 Å². The van der Waals surface area contributed by atoms with E-state index in [4.69, 9.17) is 26.8 Å². The number of aromatic nitrogens is 3. The number of allylic oxidation sites excluding steroid dienone is 2. The minimum absolute atomic E-state index is 0.141. The lowest BCUT2D eigenvalue weighted by atomic mass is 9.87. The number of rotatable bonds is 9. The summed E-state index contributed by atoms with van der Waals surface area (Å²) < 4.78 is 13.7. The summed E-state index contributed by atoms with van der Waals surface area (Å²) in [6.45, 7) is 0.451. The predicted octanol–water partition coefficient (Wildman–Crippen LogP) is 3.90. The van der Waals surface area contributed by atoms with Crippen molar-refractivity contribution < 1.29 is 23.9 Å². The molecule has 3 heterocycles. The fourth-order valence-corrected chi connectivity index (χ4v) is 6.32. The number of hydrogen-bond acceptors (Lipinski definition) is 6. The number of carbonyl (C=O) groups excluding carboxylic acids is 3. The van der Waals surface area contributed by atoms with Crippen LogP contribution >= 0.6 is 11.6 Å². The summed E-state index contributed by atoms with van der Waals surface area (Å²) in [4.78, 5) is 49.0. The van der Waals surface area contributed by atoms with E-state index in [0.717, 1.165) is 16.7 Å². The summed E-state index contributed by atoms with van der Waals surface area (Å²) in [5.74, 6) is -2.90. The largest absolute Gasteiger partial charge is 0.368 e. The first-order chi connectivity index (χ1) is 22.2. The highest BCUT2D eigenvalue weighted by Crippen LogP contribution is 2.43. The molecule has 0 unspecified atom stereocenters. The van der Waals surface area contributed by atoms with Gasteiger partial charge in [-0.15, -0.1) is 0 Å². The number of fused-ring (bicyclic) bond motifs is 2. The summed E-state index contributed by atoms with van der Waals surface area (Å²) >= 11 is 6.83. The van der Waals surface area contributed by atoms with Gasteiger partial charge in [0.05, 0.1) is 30.7 Å². The molecular weight excluding hydrogens is 608 g/mol. The first-order valence-corrected chi connectivity index (χ1v) is 15.0. The molecule has 0 spiro atoms. The van der Waals surface area contributed by atoms with Gasteiger partial charge in [0.2, 0.25) is 11.7 Å². The zero-order valence-corrected chi connectivity index (χ0v) is 26.1. The number of nitrogens with one attached hydrogen (secondary N) is 2. The molecule has 4 aromatic rings. The third kappa shape index (κ3) is 5.76. The zero-order chi connectivity index (χ0) is 32.4. The number of methoxy groups -OCH3 is 2. The number of H-pyrrole nitrogens is 1. The second-order valence-corrected chi connectivity index (χ2v) is 11.5. The van der Waals surface area contributed by atoms with Gasteiger partial charge >= 0.3 is 0 Å². The Kier molecular flexibility index (Phi) is 8.63. The Labute approximate surface area is 270 Å². The fourth-order valence-electron chi connectivity index (χ4n) is 6.04. The molecule has 0 saturated carbocycles. The number of aromatic amines is 1. The first kappa shape index (κ1) is 31.0. The van der Waals surface area contributed by atoms with Gasteiger partial charge in [0.15, 0.2) is 0 Å². The second kappa shape index (κ2) is 12.8. The first-order valence-electron chi connectivity index (χ1n) is 14.7. The number of nitrogens with two attached hydrogens (primary N) is 1. The number of imidazole rings is 1. The molecule has 1 atom stereocenters. The van der Waals surface area contributed by atoms with Gasteiger partial charge in [-0.1, -0.05) is 60.1 Å². The summed E-state index contributed by atoms with van der Waals surface area (Å²) in [5.41, 5.74) is 10.7. The average Bonchev–Trinajstić information content (AvgIpc) is 3.70. The Morgan fingerprint density at radius 1 is 1.04 bits per heavy atom. The number of nitrogens with zero attached hydrogens (tertiary/aromatic N) is 3. The molecule has 236 valence electrons. The molecule has 2 aromatic heterocycles. The number of halogens is 1. The number of benzene rings is 2. The Bertz CT molecular complexity index is 1840. The number of ether oxygens (including phenoxy) is 2. The molecule has 1 aliphatic heterocycles. The summed E-state index contributed by atoms with van der Waals surface area (Å²) in [7, 11) is 3.01. The molecule has 2 aliphatic rings. The highest BCUT2D eigenvalue weighted by Gasteiger charge is 2.45. The topological polar surface area (TPSA) is 145 Å². The van der Waals surface area contributed by atoms with E-state index in [0.29, 0.717) is 34.3 Å². The fraction of sp³-hybridized carbons (Fsp3) is 0.235. The molecule has 46 heavy (non-hydrogen) atoms. The number of hydrogen-bond donors (Lipinski definition) is 3. The van der Waals surface area contributed by atoms with Crippen LogP contribution in [-0.4, -0.2) is 58.3 Å². The van der Waals surface area contributed by atoms with Crippen LogP contribution in [0.4, 0.5) is 5.69 Å². The molecule has 3 amide bonds. The second-order valence-electron chi connectivity index (χ2n) is 11.1. The van der Waals surface area contributed by atoms with Crippen LogP contribution in [0.1, 0.15) is 39.4 Å². The van der Waals surface area contributed by atoms with Crippen molar-refractivity contribution in [2.45, 2.75) is 37.8 Å². The maximum absolute atomic E-state index is 14.6. The van der Waals surface area contributed by atoms with Crippen LogP contribution in [0.2, 0.25) is 0 Å². The molecule has 2 aromatic carbocycles. The van der Waals surface area contributed by atoms with Crippen molar-refractivity contribution in [1.29, 1.82) is 0 Å². The van der Waals surface area contributed by atoms with Crippen molar-refractivity contribution in [3.8, 4) is 0 Å². The van der Waals surface area contributed by atoms with E-state index >= 15 is 0 Å². The lowest BCUT2D eigenvalue weighted by Gasteiger charge is -2.38. The molecule has 0 radical (unpaired) electrons. The Hall–Kier alpha value is -4.97. The van der Waals surface area contributed by atoms with E-state index in [9.17, 15) is 14.4 Å². The number of anilines is 1. The van der Waals surface area contributed by atoms with E-state index in [-0.39, 0.29) is 30.9 Å². The molecule has 4 N–H and O–H groups in total. The molecule has 0 bridgehead atoms. The van der Waals surface area contributed by atoms with Crippen LogP contribution in [0, 0.1) is 0 Å². The zero-order valence-electron chi connectivity index (χ0n) is 25.3. The van der Waals surface area contributed by atoms with Gasteiger partial charge in [0.1, 0.15) is 11.7 Å². The van der Waals surface area contributed by atoms with E-state index in [1.807, 2.05) is 59.2 Å². The molecule has 0 fully saturated rings. The normalized spacial score (nSPS) is 16.2. The van der Waals surface area contributed by atoms with E-state index in [2.05, 4.69) is 15.3 Å². The quantitative estimate of drug-likeness (QED) is 0.237. The van der Waals surface area contributed by atoms with Crippen molar-refractivity contribution in [3.05, 3.63) is 124 Å². The Morgan fingerprint density at radius 2 is 1.78 bits per heavy atom. The van der Waals surface area contributed by atoms with Gasteiger partial charge in [0, 0.05) is 49.7 Å². The van der Waals surface area contributed by atoms with Gasteiger partial charge in [-0.2, -0.15) is 0 Å². The number of carbonyl (C=O) groups is 3. The van der Waals surface area contributed by atoms with Crippen LogP contribution in [-0.2, 0) is 38.6 Å². The third-order valence-corrected chi connectivity index (χ3v) is 8.83. The number of para-hydroxylation sites is 1. The number of amides is 3. The predicted molar refractivity (Wildman–Crippen MR) is 173 cm³/mol.